The van der Waals surface area contributed by atoms with Gasteiger partial charge in [-0.2, -0.15) is 0 Å². The van der Waals surface area contributed by atoms with Crippen LogP contribution >= 0.6 is 11.6 Å². The van der Waals surface area contributed by atoms with Crippen molar-refractivity contribution in [1.29, 1.82) is 0 Å². The largest absolute Gasteiger partial charge is 0.298 e. The number of rotatable bonds is 3. The van der Waals surface area contributed by atoms with Crippen LogP contribution in [0.5, 0.6) is 0 Å². The second-order valence-electron chi connectivity index (χ2n) is 2.87. The maximum atomic E-state index is 10.9. The van der Waals surface area contributed by atoms with Gasteiger partial charge in [-0.25, -0.2) is 0 Å². The summed E-state index contributed by atoms with van der Waals surface area (Å²) < 4.78 is 0. The zero-order valence-electron chi connectivity index (χ0n) is 7.69. The van der Waals surface area contributed by atoms with Gasteiger partial charge in [0.2, 0.25) is 0 Å². The van der Waals surface area contributed by atoms with Crippen molar-refractivity contribution in [1.82, 2.24) is 0 Å². The van der Waals surface area contributed by atoms with Crippen LogP contribution in [0, 0.1) is 17.0 Å². The molecule has 1 aromatic carbocycles. The van der Waals surface area contributed by atoms with E-state index in [1.807, 2.05) is 0 Å². The lowest BCUT2D eigenvalue weighted by molar-refractivity contribution is -0.385. The molecular formula is C9H6ClNO4. The summed E-state index contributed by atoms with van der Waals surface area (Å²) in [6.45, 7) is 1.54. The van der Waals surface area contributed by atoms with Crippen molar-refractivity contribution >= 4 is 28.8 Å². The fourth-order valence-electron chi connectivity index (χ4n) is 1.14. The molecule has 0 saturated heterocycles. The smallest absolute Gasteiger partial charge is 0.281 e. The van der Waals surface area contributed by atoms with Crippen LogP contribution in [0.4, 0.5) is 5.69 Å². The number of nitro groups is 1. The van der Waals surface area contributed by atoms with E-state index in [1.54, 1.807) is 6.92 Å². The molecule has 1 aromatic rings. The van der Waals surface area contributed by atoms with Crippen molar-refractivity contribution < 1.29 is 14.5 Å². The van der Waals surface area contributed by atoms with Crippen LogP contribution in [0.15, 0.2) is 12.1 Å². The van der Waals surface area contributed by atoms with E-state index in [1.165, 1.54) is 0 Å². The van der Waals surface area contributed by atoms with Gasteiger partial charge < -0.3 is 0 Å². The van der Waals surface area contributed by atoms with Gasteiger partial charge in [-0.15, -0.1) is 0 Å². The number of carbonyl (C=O) groups excluding carboxylic acids is 2. The number of halogens is 1. The van der Waals surface area contributed by atoms with E-state index in [4.69, 9.17) is 11.6 Å². The Labute approximate surface area is 89.8 Å². The summed E-state index contributed by atoms with van der Waals surface area (Å²) in [7, 11) is 0. The standard InChI is InChI=1S/C9H6ClNO4/c1-5-2-8(11(14)15)7(9(10)13)3-6(5)4-12/h2-4H,1H3. The predicted octanol–water partition coefficient (Wildman–Crippen LogP) is 2.09. The van der Waals surface area contributed by atoms with E-state index in [9.17, 15) is 19.7 Å². The lowest BCUT2D eigenvalue weighted by atomic mass is 10.0. The summed E-state index contributed by atoms with van der Waals surface area (Å²) in [5.41, 5.74) is -0.0181. The second-order valence-corrected chi connectivity index (χ2v) is 3.22. The fraction of sp³-hybridized carbons (Fsp3) is 0.111. The lowest BCUT2D eigenvalue weighted by Crippen LogP contribution is -2.01. The second kappa shape index (κ2) is 4.18. The Hall–Kier alpha value is -1.75. The number of hydrogen-bond donors (Lipinski definition) is 0. The van der Waals surface area contributed by atoms with Crippen molar-refractivity contribution in [3.05, 3.63) is 38.9 Å². The first-order valence-electron chi connectivity index (χ1n) is 3.91. The van der Waals surface area contributed by atoms with E-state index in [2.05, 4.69) is 0 Å². The van der Waals surface area contributed by atoms with E-state index >= 15 is 0 Å². The Morgan fingerprint density at radius 3 is 2.53 bits per heavy atom. The molecular weight excluding hydrogens is 222 g/mol. The van der Waals surface area contributed by atoms with Gasteiger partial charge in [-0.05, 0) is 30.2 Å². The Kier molecular flexibility index (Phi) is 3.16. The summed E-state index contributed by atoms with van der Waals surface area (Å²) in [4.78, 5) is 31.3. The molecule has 0 aliphatic rings. The van der Waals surface area contributed by atoms with Crippen molar-refractivity contribution in [2.45, 2.75) is 6.92 Å². The van der Waals surface area contributed by atoms with Gasteiger partial charge >= 0.3 is 0 Å². The molecule has 0 amide bonds. The topological polar surface area (TPSA) is 77.3 Å². The van der Waals surface area contributed by atoms with Crippen LogP contribution in [-0.2, 0) is 0 Å². The monoisotopic (exact) mass is 227 g/mol. The first-order valence-corrected chi connectivity index (χ1v) is 4.29. The summed E-state index contributed by atoms with van der Waals surface area (Å²) in [5.74, 6) is 0. The normalized spacial score (nSPS) is 9.73. The maximum absolute atomic E-state index is 10.9. The number of nitrogens with zero attached hydrogens (tertiary/aromatic N) is 1. The van der Waals surface area contributed by atoms with Crippen LogP contribution in [0.2, 0.25) is 0 Å². The number of benzene rings is 1. The van der Waals surface area contributed by atoms with Gasteiger partial charge in [-0.1, -0.05) is 0 Å². The summed E-state index contributed by atoms with van der Waals surface area (Å²) >= 11 is 5.17. The minimum absolute atomic E-state index is 0.213. The number of hydrogen-bond acceptors (Lipinski definition) is 4. The number of nitro benzene ring substituents is 1. The first-order chi connectivity index (χ1) is 6.97. The minimum Gasteiger partial charge on any atom is -0.298 e. The first kappa shape index (κ1) is 11.3. The van der Waals surface area contributed by atoms with Crippen LogP contribution in [0.25, 0.3) is 0 Å². The molecule has 0 N–H and O–H groups in total. The molecule has 0 heterocycles. The van der Waals surface area contributed by atoms with Crippen LogP contribution in [0.3, 0.4) is 0 Å². The molecule has 0 aliphatic carbocycles. The number of aryl methyl sites for hydroxylation is 1. The Morgan fingerprint density at radius 2 is 2.13 bits per heavy atom. The van der Waals surface area contributed by atoms with Crippen LogP contribution in [-0.4, -0.2) is 16.5 Å². The molecule has 0 fully saturated rings. The van der Waals surface area contributed by atoms with E-state index in [0.717, 1.165) is 12.1 Å². The van der Waals surface area contributed by atoms with Gasteiger partial charge in [0.1, 0.15) is 11.8 Å². The third-order valence-electron chi connectivity index (χ3n) is 1.92. The Bertz CT molecular complexity index is 456. The highest BCUT2D eigenvalue weighted by Gasteiger charge is 2.20. The molecule has 0 bridgehead atoms. The average molecular weight is 228 g/mol. The number of carbonyl (C=O) groups is 2. The Balaban J connectivity index is 3.52. The molecule has 0 saturated carbocycles. The van der Waals surface area contributed by atoms with Gasteiger partial charge in [0, 0.05) is 11.6 Å². The van der Waals surface area contributed by atoms with Gasteiger partial charge in [0.05, 0.1) is 4.92 Å². The minimum atomic E-state index is -0.954. The molecule has 0 aromatic heterocycles. The molecule has 6 heteroatoms. The van der Waals surface area contributed by atoms with Gasteiger partial charge in [-0.3, -0.25) is 19.7 Å². The van der Waals surface area contributed by atoms with E-state index in [-0.39, 0.29) is 11.1 Å². The predicted molar refractivity (Wildman–Crippen MR) is 53.4 cm³/mol. The average Bonchev–Trinajstić information content (AvgIpc) is 2.16. The SMILES string of the molecule is Cc1cc([N+](=O)[O-])c(C(=O)Cl)cc1C=O. The zero-order chi connectivity index (χ0) is 11.6. The van der Waals surface area contributed by atoms with Crippen molar-refractivity contribution in [2.24, 2.45) is 0 Å². The molecule has 0 aliphatic heterocycles. The summed E-state index contributed by atoms with van der Waals surface area (Å²) in [6, 6.07) is 2.27. The highest BCUT2D eigenvalue weighted by molar-refractivity contribution is 6.68. The van der Waals surface area contributed by atoms with Crippen molar-refractivity contribution in [3.8, 4) is 0 Å². The molecule has 0 atom stereocenters. The van der Waals surface area contributed by atoms with Crippen molar-refractivity contribution in [3.63, 3.8) is 0 Å². The molecule has 5 nitrogen and oxygen atoms in total. The highest BCUT2D eigenvalue weighted by Crippen LogP contribution is 2.24. The summed E-state index contributed by atoms with van der Waals surface area (Å²) in [5, 5.41) is 9.63. The lowest BCUT2D eigenvalue weighted by Gasteiger charge is -2.02. The summed E-state index contributed by atoms with van der Waals surface area (Å²) in [6.07, 6.45) is 0.516. The molecule has 78 valence electrons. The Morgan fingerprint density at radius 1 is 1.53 bits per heavy atom. The quantitative estimate of drug-likeness (QED) is 0.343. The molecule has 15 heavy (non-hydrogen) atoms. The molecule has 1 rings (SSSR count). The van der Waals surface area contributed by atoms with Gasteiger partial charge in [0.25, 0.3) is 10.9 Å². The highest BCUT2D eigenvalue weighted by atomic mass is 35.5. The van der Waals surface area contributed by atoms with Crippen LogP contribution < -0.4 is 0 Å². The molecule has 0 spiro atoms. The van der Waals surface area contributed by atoms with Crippen LogP contribution in [0.1, 0.15) is 26.3 Å². The third kappa shape index (κ3) is 2.19. The fourth-order valence-corrected chi connectivity index (χ4v) is 1.30. The van der Waals surface area contributed by atoms with Crippen molar-refractivity contribution in [2.75, 3.05) is 0 Å². The van der Waals surface area contributed by atoms with E-state index < -0.39 is 15.9 Å². The van der Waals surface area contributed by atoms with Gasteiger partial charge in [0.15, 0.2) is 0 Å². The zero-order valence-corrected chi connectivity index (χ0v) is 8.45. The number of aldehydes is 1. The molecule has 0 radical (unpaired) electrons. The third-order valence-corrected chi connectivity index (χ3v) is 2.12. The van der Waals surface area contributed by atoms with E-state index in [0.29, 0.717) is 11.8 Å². The maximum Gasteiger partial charge on any atom is 0.281 e. The molecule has 0 unspecified atom stereocenters.